The fourth-order valence-electron chi connectivity index (χ4n) is 2.79. The zero-order chi connectivity index (χ0) is 22.1. The first-order chi connectivity index (χ1) is 14.3. The number of amides is 2. The van der Waals surface area contributed by atoms with Crippen molar-refractivity contribution in [2.45, 2.75) is 32.2 Å². The quantitative estimate of drug-likeness (QED) is 0.347. The number of carbonyl (C=O) groups is 2. The van der Waals surface area contributed by atoms with Crippen LogP contribution in [0.1, 0.15) is 48.1 Å². The highest BCUT2D eigenvalue weighted by Crippen LogP contribution is 2.23. The maximum atomic E-state index is 12.7. The summed E-state index contributed by atoms with van der Waals surface area (Å²) in [5.41, 5.74) is -0.946. The third kappa shape index (κ3) is 6.09. The van der Waals surface area contributed by atoms with Gasteiger partial charge in [0.15, 0.2) is 0 Å². The Morgan fingerprint density at radius 1 is 0.967 bits per heavy atom. The van der Waals surface area contributed by atoms with Crippen molar-refractivity contribution in [2.75, 3.05) is 6.54 Å². The summed E-state index contributed by atoms with van der Waals surface area (Å²) in [7, 11) is 0. The Balaban J connectivity index is 2.29. The zero-order valence-corrected chi connectivity index (χ0v) is 16.4. The number of hydrogen-bond donors (Lipinski definition) is 2. The van der Waals surface area contributed by atoms with Crippen LogP contribution in [-0.2, 0) is 4.79 Å². The number of unbranched alkanes of at least 4 members (excludes halogenated alkanes) is 2. The van der Waals surface area contributed by atoms with Gasteiger partial charge in [-0.3, -0.25) is 29.8 Å². The number of non-ortho nitro benzene ring substituents is 2. The van der Waals surface area contributed by atoms with E-state index in [0.29, 0.717) is 12.1 Å². The molecule has 0 unspecified atom stereocenters. The molecule has 2 amide bonds. The van der Waals surface area contributed by atoms with E-state index in [4.69, 9.17) is 0 Å². The molecule has 10 nitrogen and oxygen atoms in total. The van der Waals surface area contributed by atoms with Crippen LogP contribution in [0.3, 0.4) is 0 Å². The molecule has 2 aromatic carbocycles. The molecular weight excluding hydrogens is 392 g/mol. The van der Waals surface area contributed by atoms with Gasteiger partial charge in [-0.25, -0.2) is 0 Å². The number of rotatable bonds is 10. The van der Waals surface area contributed by atoms with Crippen molar-refractivity contribution in [2.24, 2.45) is 0 Å². The molecule has 2 aromatic rings. The van der Waals surface area contributed by atoms with Crippen LogP contribution in [0.5, 0.6) is 0 Å². The lowest BCUT2D eigenvalue weighted by molar-refractivity contribution is -0.394. The summed E-state index contributed by atoms with van der Waals surface area (Å²) in [6, 6.07) is 10.1. The van der Waals surface area contributed by atoms with Crippen molar-refractivity contribution in [1.29, 1.82) is 0 Å². The second-order valence-corrected chi connectivity index (χ2v) is 6.57. The van der Waals surface area contributed by atoms with Gasteiger partial charge in [0.1, 0.15) is 6.04 Å². The number of nitrogens with one attached hydrogen (secondary N) is 2. The van der Waals surface area contributed by atoms with E-state index < -0.39 is 39.1 Å². The lowest BCUT2D eigenvalue weighted by Gasteiger charge is -2.19. The molecule has 158 valence electrons. The molecule has 0 spiro atoms. The van der Waals surface area contributed by atoms with Crippen LogP contribution in [0.2, 0.25) is 0 Å². The Labute approximate surface area is 172 Å². The van der Waals surface area contributed by atoms with Gasteiger partial charge in [0.2, 0.25) is 5.91 Å². The molecule has 2 N–H and O–H groups in total. The first-order valence-electron chi connectivity index (χ1n) is 9.41. The van der Waals surface area contributed by atoms with Crippen LogP contribution < -0.4 is 10.6 Å². The smallest absolute Gasteiger partial charge is 0.277 e. The summed E-state index contributed by atoms with van der Waals surface area (Å²) in [4.78, 5) is 45.9. The monoisotopic (exact) mass is 414 g/mol. The molecule has 0 saturated carbocycles. The Bertz CT molecular complexity index is 900. The Hall–Kier alpha value is -3.82. The predicted octanol–water partition coefficient (Wildman–Crippen LogP) is 3.28. The van der Waals surface area contributed by atoms with Crippen molar-refractivity contribution >= 4 is 23.2 Å². The highest BCUT2D eigenvalue weighted by Gasteiger charge is 2.25. The van der Waals surface area contributed by atoms with E-state index in [9.17, 15) is 29.8 Å². The average Bonchev–Trinajstić information content (AvgIpc) is 2.74. The summed E-state index contributed by atoms with van der Waals surface area (Å²) in [6.45, 7) is 2.47. The molecule has 0 saturated heterocycles. The molecule has 0 bridgehead atoms. The third-order valence-electron chi connectivity index (χ3n) is 4.34. The average molecular weight is 414 g/mol. The van der Waals surface area contributed by atoms with Crippen molar-refractivity contribution in [3.8, 4) is 0 Å². The van der Waals surface area contributed by atoms with Gasteiger partial charge in [-0.05, 0) is 12.0 Å². The Kier molecular flexibility index (Phi) is 7.98. The van der Waals surface area contributed by atoms with Gasteiger partial charge in [0.05, 0.1) is 21.5 Å². The van der Waals surface area contributed by atoms with Crippen molar-refractivity contribution in [1.82, 2.24) is 10.6 Å². The third-order valence-corrected chi connectivity index (χ3v) is 4.34. The van der Waals surface area contributed by atoms with Crippen molar-refractivity contribution < 1.29 is 19.4 Å². The standard InChI is InChI=1S/C20H22N4O6/c1-2-3-7-10-21-20(26)18(14-8-5-4-6-9-14)22-19(25)15-11-16(23(27)28)13-17(12-15)24(29)30/h4-6,8-9,11-13,18H,2-3,7,10H2,1H3,(H,21,26)(H,22,25)/t18-/m0/s1. The lowest BCUT2D eigenvalue weighted by Crippen LogP contribution is -2.40. The minimum absolute atomic E-state index is 0.282. The van der Waals surface area contributed by atoms with Gasteiger partial charge < -0.3 is 10.6 Å². The predicted molar refractivity (Wildman–Crippen MR) is 109 cm³/mol. The Morgan fingerprint density at radius 3 is 2.10 bits per heavy atom. The summed E-state index contributed by atoms with van der Waals surface area (Å²) >= 11 is 0. The second kappa shape index (κ2) is 10.6. The van der Waals surface area contributed by atoms with Crippen molar-refractivity contribution in [3.05, 3.63) is 79.9 Å². The van der Waals surface area contributed by atoms with E-state index in [1.165, 1.54) is 0 Å². The number of benzene rings is 2. The minimum Gasteiger partial charge on any atom is -0.354 e. The van der Waals surface area contributed by atoms with Gasteiger partial charge in [-0.2, -0.15) is 0 Å². The molecule has 0 aromatic heterocycles. The molecular formula is C20H22N4O6. The van der Waals surface area contributed by atoms with E-state index >= 15 is 0 Å². The topological polar surface area (TPSA) is 144 Å². The molecule has 10 heteroatoms. The molecule has 0 aliphatic rings. The summed E-state index contributed by atoms with van der Waals surface area (Å²) in [6.07, 6.45) is 2.72. The zero-order valence-electron chi connectivity index (χ0n) is 16.4. The molecule has 30 heavy (non-hydrogen) atoms. The van der Waals surface area contributed by atoms with Gasteiger partial charge >= 0.3 is 0 Å². The van der Waals surface area contributed by atoms with E-state index in [-0.39, 0.29) is 5.56 Å². The normalized spacial score (nSPS) is 11.4. The molecule has 0 aliphatic heterocycles. The highest BCUT2D eigenvalue weighted by molar-refractivity contribution is 5.98. The number of nitro groups is 2. The minimum atomic E-state index is -1.06. The first kappa shape index (κ1) is 22.5. The van der Waals surface area contributed by atoms with Crippen LogP contribution in [-0.4, -0.2) is 28.2 Å². The summed E-state index contributed by atoms with van der Waals surface area (Å²) in [5.74, 6) is -1.27. The molecule has 0 fully saturated rings. The van der Waals surface area contributed by atoms with Gasteiger partial charge in [-0.1, -0.05) is 50.1 Å². The van der Waals surface area contributed by atoms with Gasteiger partial charge in [-0.15, -0.1) is 0 Å². The SMILES string of the molecule is CCCCCNC(=O)[C@@H](NC(=O)c1cc([N+](=O)[O-])cc([N+](=O)[O-])c1)c1ccccc1. The summed E-state index contributed by atoms with van der Waals surface area (Å²) < 4.78 is 0. The van der Waals surface area contributed by atoms with Crippen LogP contribution in [0, 0.1) is 20.2 Å². The highest BCUT2D eigenvalue weighted by atomic mass is 16.6. The largest absolute Gasteiger partial charge is 0.354 e. The van der Waals surface area contributed by atoms with Crippen LogP contribution in [0.25, 0.3) is 0 Å². The number of nitrogens with zero attached hydrogens (tertiary/aromatic N) is 2. The maximum absolute atomic E-state index is 12.7. The van der Waals surface area contributed by atoms with Gasteiger partial charge in [0.25, 0.3) is 17.3 Å². The fourth-order valence-corrected chi connectivity index (χ4v) is 2.79. The summed E-state index contributed by atoms with van der Waals surface area (Å²) in [5, 5.41) is 27.4. The van der Waals surface area contributed by atoms with E-state index in [2.05, 4.69) is 10.6 Å². The van der Waals surface area contributed by atoms with Crippen LogP contribution in [0.4, 0.5) is 11.4 Å². The van der Waals surface area contributed by atoms with E-state index in [1.54, 1.807) is 30.3 Å². The lowest BCUT2D eigenvalue weighted by atomic mass is 10.0. The Morgan fingerprint density at radius 2 is 1.57 bits per heavy atom. The van der Waals surface area contributed by atoms with E-state index in [1.807, 2.05) is 6.92 Å². The number of carbonyl (C=O) groups excluding carboxylic acids is 2. The maximum Gasteiger partial charge on any atom is 0.277 e. The molecule has 1 atom stereocenters. The van der Waals surface area contributed by atoms with Crippen LogP contribution in [0.15, 0.2) is 48.5 Å². The number of nitro benzene ring substituents is 2. The molecule has 0 radical (unpaired) electrons. The fraction of sp³-hybridized carbons (Fsp3) is 0.300. The first-order valence-corrected chi connectivity index (χ1v) is 9.41. The van der Waals surface area contributed by atoms with Gasteiger partial charge in [0, 0.05) is 18.7 Å². The van der Waals surface area contributed by atoms with E-state index in [0.717, 1.165) is 37.5 Å². The molecule has 0 heterocycles. The molecule has 2 rings (SSSR count). The number of hydrogen-bond acceptors (Lipinski definition) is 6. The molecule has 0 aliphatic carbocycles. The second-order valence-electron chi connectivity index (χ2n) is 6.57. The van der Waals surface area contributed by atoms with Crippen molar-refractivity contribution in [3.63, 3.8) is 0 Å². The van der Waals surface area contributed by atoms with Crippen LogP contribution >= 0.6 is 0 Å².